The van der Waals surface area contributed by atoms with E-state index in [1.807, 2.05) is 0 Å². The molecule has 170 valence electrons. The van der Waals surface area contributed by atoms with Gasteiger partial charge in [-0.2, -0.15) is 0 Å². The lowest BCUT2D eigenvalue weighted by molar-refractivity contribution is -0.132. The average molecular weight is 417 g/mol. The molecule has 5 nitrogen and oxygen atoms in total. The number of hydrazine groups is 1. The number of hydrogen-bond acceptors (Lipinski definition) is 4. The van der Waals surface area contributed by atoms with Crippen molar-refractivity contribution in [3.8, 4) is 0 Å². The van der Waals surface area contributed by atoms with Crippen LogP contribution in [0.5, 0.6) is 0 Å². The molecule has 0 spiro atoms. The van der Waals surface area contributed by atoms with E-state index >= 15 is 0 Å². The third-order valence-electron chi connectivity index (χ3n) is 9.87. The van der Waals surface area contributed by atoms with Gasteiger partial charge in [0.25, 0.3) is 0 Å². The molecule has 0 aromatic heterocycles. The highest BCUT2D eigenvalue weighted by Crippen LogP contribution is 2.66. The van der Waals surface area contributed by atoms with Crippen molar-refractivity contribution in [3.63, 3.8) is 0 Å². The highest BCUT2D eigenvalue weighted by Gasteiger charge is 2.61. The van der Waals surface area contributed by atoms with Crippen LogP contribution in [0.4, 0.5) is 0 Å². The smallest absolute Gasteiger partial charge is 0.159 e. The van der Waals surface area contributed by atoms with Crippen molar-refractivity contribution < 1.29 is 4.79 Å². The van der Waals surface area contributed by atoms with Crippen LogP contribution < -0.4 is 11.6 Å². The van der Waals surface area contributed by atoms with Gasteiger partial charge < -0.3 is 5.73 Å². The number of nitrogens with zero attached hydrogens (tertiary/aromatic N) is 2. The van der Waals surface area contributed by atoms with Gasteiger partial charge in [-0.25, -0.2) is 11.0 Å². The summed E-state index contributed by atoms with van der Waals surface area (Å²) in [6.45, 7) is 9.12. The van der Waals surface area contributed by atoms with E-state index in [2.05, 4.69) is 25.9 Å². The Morgan fingerprint density at radius 3 is 2.53 bits per heavy atom. The monoisotopic (exact) mass is 416 g/mol. The maximum absolute atomic E-state index is 13.4. The maximum Gasteiger partial charge on any atom is 0.159 e. The highest BCUT2D eigenvalue weighted by atomic mass is 16.1. The Balaban J connectivity index is 1.54. The minimum Gasteiger partial charge on any atom is -0.386 e. The van der Waals surface area contributed by atoms with Gasteiger partial charge in [0.1, 0.15) is 12.4 Å². The average Bonchev–Trinajstić information content (AvgIpc) is 2.99. The molecule has 9 atom stereocenters. The topological polar surface area (TPSA) is 84.7 Å². The first-order valence-electron chi connectivity index (χ1n) is 12.6. The Morgan fingerprint density at radius 2 is 1.83 bits per heavy atom. The molecule has 0 amide bonds. The summed E-state index contributed by atoms with van der Waals surface area (Å²) in [4.78, 5) is 13.4. The fourth-order valence-electron chi connectivity index (χ4n) is 8.80. The summed E-state index contributed by atoms with van der Waals surface area (Å²) >= 11 is 0. The van der Waals surface area contributed by atoms with Gasteiger partial charge >= 0.3 is 0 Å². The highest BCUT2D eigenvalue weighted by molar-refractivity contribution is 5.84. The number of fused-ring (bicyclic) bond motifs is 5. The van der Waals surface area contributed by atoms with Crippen LogP contribution in [-0.2, 0) is 4.79 Å². The molecule has 30 heavy (non-hydrogen) atoms. The van der Waals surface area contributed by atoms with Gasteiger partial charge in [0, 0.05) is 5.92 Å². The minimum atomic E-state index is 0.122. The van der Waals surface area contributed by atoms with Crippen molar-refractivity contribution in [1.82, 2.24) is 5.12 Å². The van der Waals surface area contributed by atoms with E-state index in [0.29, 0.717) is 17.7 Å². The predicted molar refractivity (Wildman–Crippen MR) is 122 cm³/mol. The lowest BCUT2D eigenvalue weighted by Gasteiger charge is -2.57. The van der Waals surface area contributed by atoms with Crippen molar-refractivity contribution >= 4 is 11.6 Å². The molecular weight excluding hydrogens is 372 g/mol. The van der Waals surface area contributed by atoms with Crippen LogP contribution >= 0.6 is 0 Å². The first-order chi connectivity index (χ1) is 14.2. The number of carbonyl (C=O) groups excluding carboxylic acids is 1. The molecular formula is C25H44N4O. The summed E-state index contributed by atoms with van der Waals surface area (Å²) in [5.74, 6) is 12.7. The van der Waals surface area contributed by atoms with E-state index in [9.17, 15) is 4.79 Å². The zero-order valence-electron chi connectivity index (χ0n) is 19.6. The number of Topliss-reactive ketones (excluding diaryl/α,β-unsaturated/α-hetero) is 1. The van der Waals surface area contributed by atoms with Gasteiger partial charge in [0.05, 0.1) is 0 Å². The van der Waals surface area contributed by atoms with Crippen molar-refractivity contribution in [3.05, 3.63) is 0 Å². The molecule has 0 heterocycles. The molecule has 5 heteroatoms. The number of amidine groups is 1. The van der Waals surface area contributed by atoms with Gasteiger partial charge in [0.2, 0.25) is 0 Å². The second kappa shape index (κ2) is 8.44. The summed E-state index contributed by atoms with van der Waals surface area (Å²) in [6.07, 6.45) is 12.0. The van der Waals surface area contributed by atoms with Crippen LogP contribution in [0.3, 0.4) is 0 Å². The van der Waals surface area contributed by atoms with Crippen LogP contribution in [0.25, 0.3) is 0 Å². The molecule has 0 aromatic carbocycles. The molecule has 0 radical (unpaired) electrons. The van der Waals surface area contributed by atoms with Crippen LogP contribution in [0.2, 0.25) is 0 Å². The zero-order valence-corrected chi connectivity index (χ0v) is 19.6. The number of carbonyl (C=O) groups is 1. The molecule has 8 unspecified atom stereocenters. The molecule has 4 N–H and O–H groups in total. The van der Waals surface area contributed by atoms with E-state index in [1.165, 1.54) is 56.5 Å². The Morgan fingerprint density at radius 1 is 1.10 bits per heavy atom. The fraction of sp³-hybridized carbons (Fsp3) is 0.920. The Labute approximate surface area is 183 Å². The van der Waals surface area contributed by atoms with Gasteiger partial charge in [-0.1, -0.05) is 33.6 Å². The summed E-state index contributed by atoms with van der Waals surface area (Å²) in [5, 5.41) is 5.30. The quantitative estimate of drug-likeness (QED) is 0.298. The van der Waals surface area contributed by atoms with Crippen LogP contribution in [0.1, 0.15) is 85.5 Å². The van der Waals surface area contributed by atoms with Crippen molar-refractivity contribution in [2.45, 2.75) is 85.5 Å². The van der Waals surface area contributed by atoms with Crippen molar-refractivity contribution in [1.29, 1.82) is 0 Å². The standard InChI is InChI=1S/C25H44N4O/c1-5-17-13-22(23(30)14-29(27)28-16(3)26)25(4)11-10-20-19-8-6-15(2)12-18(19)7-9-21(20)24(17)25/h15,17-22,24H,5-14,27H2,1-4H3,(H2,26,28)/t15?,17?,18?,19?,20?,21?,22-,24?,25?/m1/s1. The molecule has 4 fully saturated rings. The van der Waals surface area contributed by atoms with E-state index in [-0.39, 0.29) is 23.7 Å². The molecule has 0 aromatic rings. The number of rotatable bonds is 5. The largest absolute Gasteiger partial charge is 0.386 e. The van der Waals surface area contributed by atoms with Crippen LogP contribution in [0.15, 0.2) is 5.10 Å². The Hall–Kier alpha value is -1.10. The third-order valence-corrected chi connectivity index (χ3v) is 9.87. The van der Waals surface area contributed by atoms with Crippen LogP contribution in [0, 0.1) is 52.8 Å². The van der Waals surface area contributed by atoms with E-state index < -0.39 is 0 Å². The van der Waals surface area contributed by atoms with Gasteiger partial charge in [0.15, 0.2) is 5.78 Å². The summed E-state index contributed by atoms with van der Waals surface area (Å²) < 4.78 is 0. The lowest BCUT2D eigenvalue weighted by atomic mass is 9.48. The lowest BCUT2D eigenvalue weighted by Crippen LogP contribution is -2.51. The second-order valence-corrected chi connectivity index (χ2v) is 11.6. The van der Waals surface area contributed by atoms with E-state index in [1.54, 1.807) is 6.92 Å². The Bertz CT molecular complexity index is 674. The fourth-order valence-corrected chi connectivity index (χ4v) is 8.80. The molecule has 4 rings (SSSR count). The first-order valence-corrected chi connectivity index (χ1v) is 12.6. The molecule has 0 aliphatic heterocycles. The minimum absolute atomic E-state index is 0.122. The molecule has 4 aliphatic rings. The summed E-state index contributed by atoms with van der Waals surface area (Å²) in [7, 11) is 0. The molecule has 4 saturated carbocycles. The van der Waals surface area contributed by atoms with E-state index in [0.717, 1.165) is 36.0 Å². The number of hydrogen-bond donors (Lipinski definition) is 2. The first kappa shape index (κ1) is 22.1. The van der Waals surface area contributed by atoms with Gasteiger partial charge in [-0.3, -0.25) is 4.79 Å². The molecule has 0 bridgehead atoms. The second-order valence-electron chi connectivity index (χ2n) is 11.6. The van der Waals surface area contributed by atoms with Crippen molar-refractivity contribution in [2.75, 3.05) is 6.54 Å². The number of ketones is 1. The van der Waals surface area contributed by atoms with Gasteiger partial charge in [-0.05, 0) is 98.7 Å². The number of hydrazone groups is 1. The van der Waals surface area contributed by atoms with Gasteiger partial charge in [-0.15, -0.1) is 5.10 Å². The third kappa shape index (κ3) is 3.80. The Kier molecular flexibility index (Phi) is 6.22. The zero-order chi connectivity index (χ0) is 21.6. The SMILES string of the molecule is CCC1C[C@H](C(=O)CN(N)/N=C(/C)N)C2(C)CCC3C4CCC(C)CC4CCC3C12. The van der Waals surface area contributed by atoms with Crippen molar-refractivity contribution in [2.24, 2.45) is 69.4 Å². The molecule has 4 aliphatic carbocycles. The summed E-state index contributed by atoms with van der Waals surface area (Å²) in [6, 6.07) is 0. The maximum atomic E-state index is 13.4. The van der Waals surface area contributed by atoms with Crippen LogP contribution in [-0.4, -0.2) is 23.3 Å². The summed E-state index contributed by atoms with van der Waals surface area (Å²) in [5.41, 5.74) is 5.79. The predicted octanol–water partition coefficient (Wildman–Crippen LogP) is 4.56. The van der Waals surface area contributed by atoms with E-state index in [4.69, 9.17) is 11.6 Å². The normalized spacial score (nSPS) is 46.0. The molecule has 0 saturated heterocycles. The number of nitrogens with two attached hydrogens (primary N) is 2.